The normalized spacial score (nSPS) is 16.1. The van der Waals surface area contributed by atoms with Crippen LogP contribution in [0.15, 0.2) is 6.20 Å². The van der Waals surface area contributed by atoms with Crippen molar-refractivity contribution in [1.82, 2.24) is 25.6 Å². The molecule has 8 heteroatoms. The fourth-order valence-corrected chi connectivity index (χ4v) is 1.66. The first-order chi connectivity index (χ1) is 9.06. The Balaban J connectivity index is 1.84. The van der Waals surface area contributed by atoms with Gasteiger partial charge in [-0.05, 0) is 32.2 Å². The SMILES string of the molecule is CC(C(=O)NC(N)=O)n1cc(CNCC2CC2)nn1. The van der Waals surface area contributed by atoms with E-state index in [9.17, 15) is 9.59 Å². The van der Waals surface area contributed by atoms with Crippen LogP contribution in [0, 0.1) is 5.92 Å². The molecule has 1 saturated carbocycles. The van der Waals surface area contributed by atoms with Gasteiger partial charge < -0.3 is 11.1 Å². The number of nitrogens with one attached hydrogen (secondary N) is 2. The molecule has 1 aromatic rings. The predicted molar refractivity (Wildman–Crippen MR) is 66.9 cm³/mol. The quantitative estimate of drug-likeness (QED) is 0.644. The Labute approximate surface area is 110 Å². The Hall–Kier alpha value is -1.96. The van der Waals surface area contributed by atoms with E-state index in [0.717, 1.165) is 18.2 Å². The predicted octanol–water partition coefficient (Wildman–Crippen LogP) is -0.466. The maximum Gasteiger partial charge on any atom is 0.318 e. The number of amides is 3. The molecule has 104 valence electrons. The van der Waals surface area contributed by atoms with Crippen LogP contribution in [0.1, 0.15) is 31.5 Å². The highest BCUT2D eigenvalue weighted by atomic mass is 16.2. The first kappa shape index (κ1) is 13.5. The molecular formula is C11H18N6O2. The number of carbonyl (C=O) groups excluding carboxylic acids is 2. The molecule has 8 nitrogen and oxygen atoms in total. The molecule has 1 aliphatic rings. The van der Waals surface area contributed by atoms with E-state index >= 15 is 0 Å². The molecule has 3 amide bonds. The number of nitrogens with zero attached hydrogens (tertiary/aromatic N) is 3. The topological polar surface area (TPSA) is 115 Å². The highest BCUT2D eigenvalue weighted by Crippen LogP contribution is 2.27. The van der Waals surface area contributed by atoms with E-state index in [4.69, 9.17) is 5.73 Å². The average molecular weight is 266 g/mol. The molecule has 1 fully saturated rings. The van der Waals surface area contributed by atoms with E-state index in [1.807, 2.05) is 5.32 Å². The van der Waals surface area contributed by atoms with Crippen molar-refractivity contribution in [3.63, 3.8) is 0 Å². The zero-order valence-corrected chi connectivity index (χ0v) is 10.8. The third-order valence-corrected chi connectivity index (χ3v) is 3.02. The second kappa shape index (κ2) is 5.79. The Kier molecular flexibility index (Phi) is 4.10. The van der Waals surface area contributed by atoms with Gasteiger partial charge in [0.15, 0.2) is 0 Å². The third-order valence-electron chi connectivity index (χ3n) is 3.02. The van der Waals surface area contributed by atoms with Crippen LogP contribution in [-0.2, 0) is 11.3 Å². The van der Waals surface area contributed by atoms with Crippen molar-refractivity contribution in [2.24, 2.45) is 11.7 Å². The third kappa shape index (κ3) is 4.02. The Bertz CT molecular complexity index is 468. The molecular weight excluding hydrogens is 248 g/mol. The standard InChI is InChI=1S/C11H18N6O2/c1-7(10(18)14-11(12)19)17-6-9(15-16-17)5-13-4-8-2-3-8/h6-8,13H,2-5H2,1H3,(H3,12,14,18,19). The first-order valence-corrected chi connectivity index (χ1v) is 6.28. The first-order valence-electron chi connectivity index (χ1n) is 6.28. The van der Waals surface area contributed by atoms with Gasteiger partial charge in [0.25, 0.3) is 5.91 Å². The molecule has 4 N–H and O–H groups in total. The van der Waals surface area contributed by atoms with Gasteiger partial charge in [0.1, 0.15) is 6.04 Å². The minimum atomic E-state index is -0.872. The molecule has 1 aliphatic carbocycles. The van der Waals surface area contributed by atoms with E-state index in [1.165, 1.54) is 17.5 Å². The Morgan fingerprint density at radius 3 is 2.95 bits per heavy atom. The van der Waals surface area contributed by atoms with Crippen molar-refractivity contribution in [2.45, 2.75) is 32.4 Å². The lowest BCUT2D eigenvalue weighted by molar-refractivity contribution is -0.123. The van der Waals surface area contributed by atoms with Crippen LogP contribution in [0.4, 0.5) is 4.79 Å². The van der Waals surface area contributed by atoms with Gasteiger partial charge in [-0.2, -0.15) is 0 Å². The Morgan fingerprint density at radius 2 is 2.32 bits per heavy atom. The molecule has 0 aromatic carbocycles. The summed E-state index contributed by atoms with van der Waals surface area (Å²) in [5.41, 5.74) is 5.65. The van der Waals surface area contributed by atoms with Gasteiger partial charge in [0, 0.05) is 6.54 Å². The summed E-state index contributed by atoms with van der Waals surface area (Å²) in [4.78, 5) is 22.2. The van der Waals surface area contributed by atoms with Crippen molar-refractivity contribution in [3.8, 4) is 0 Å². The van der Waals surface area contributed by atoms with Crippen LogP contribution >= 0.6 is 0 Å². The van der Waals surface area contributed by atoms with Crippen molar-refractivity contribution >= 4 is 11.9 Å². The molecule has 2 rings (SSSR count). The maximum absolute atomic E-state index is 11.6. The lowest BCUT2D eigenvalue weighted by Crippen LogP contribution is -2.39. The monoisotopic (exact) mass is 266 g/mol. The van der Waals surface area contributed by atoms with Crippen molar-refractivity contribution < 1.29 is 9.59 Å². The summed E-state index contributed by atoms with van der Waals surface area (Å²) in [6.07, 6.45) is 4.28. The highest BCUT2D eigenvalue weighted by Gasteiger charge is 2.21. The molecule has 0 spiro atoms. The average Bonchev–Trinajstić information content (AvgIpc) is 3.04. The van der Waals surface area contributed by atoms with Crippen LogP contribution in [0.2, 0.25) is 0 Å². The molecule has 1 atom stereocenters. The van der Waals surface area contributed by atoms with Crippen LogP contribution < -0.4 is 16.4 Å². The van der Waals surface area contributed by atoms with E-state index in [0.29, 0.717) is 6.54 Å². The summed E-state index contributed by atoms with van der Waals surface area (Å²) in [5.74, 6) is 0.296. The minimum absolute atomic E-state index is 0.505. The highest BCUT2D eigenvalue weighted by molar-refractivity contribution is 5.95. The Morgan fingerprint density at radius 1 is 1.58 bits per heavy atom. The summed E-state index contributed by atoms with van der Waals surface area (Å²) >= 11 is 0. The fraction of sp³-hybridized carbons (Fsp3) is 0.636. The zero-order valence-electron chi connectivity index (χ0n) is 10.8. The van der Waals surface area contributed by atoms with E-state index in [1.54, 1.807) is 13.1 Å². The van der Waals surface area contributed by atoms with Crippen molar-refractivity contribution in [1.29, 1.82) is 0 Å². The molecule has 0 saturated heterocycles. The van der Waals surface area contributed by atoms with Gasteiger partial charge in [-0.1, -0.05) is 5.21 Å². The smallest absolute Gasteiger partial charge is 0.318 e. The molecule has 0 radical (unpaired) electrons. The summed E-state index contributed by atoms with van der Waals surface area (Å²) in [6, 6.07) is -1.50. The lowest BCUT2D eigenvalue weighted by Gasteiger charge is -2.09. The second-order valence-electron chi connectivity index (χ2n) is 4.79. The van der Waals surface area contributed by atoms with Gasteiger partial charge >= 0.3 is 6.03 Å². The van der Waals surface area contributed by atoms with Crippen LogP contribution in [0.25, 0.3) is 0 Å². The number of carbonyl (C=O) groups is 2. The van der Waals surface area contributed by atoms with Crippen LogP contribution in [0.5, 0.6) is 0 Å². The molecule has 1 unspecified atom stereocenters. The summed E-state index contributed by atoms with van der Waals surface area (Å²) in [5, 5.41) is 13.1. The number of primary amides is 1. The number of hydrogen-bond acceptors (Lipinski definition) is 5. The molecule has 1 heterocycles. The number of urea groups is 1. The van der Waals surface area contributed by atoms with Gasteiger partial charge in [0.2, 0.25) is 0 Å². The number of aromatic nitrogens is 3. The lowest BCUT2D eigenvalue weighted by atomic mass is 10.3. The maximum atomic E-state index is 11.6. The van der Waals surface area contributed by atoms with Gasteiger partial charge in [-0.15, -0.1) is 5.10 Å². The molecule has 0 bridgehead atoms. The van der Waals surface area contributed by atoms with E-state index < -0.39 is 18.0 Å². The van der Waals surface area contributed by atoms with Crippen LogP contribution in [-0.4, -0.2) is 33.5 Å². The summed E-state index contributed by atoms with van der Waals surface area (Å²) in [6.45, 7) is 3.24. The molecule has 19 heavy (non-hydrogen) atoms. The molecule has 1 aromatic heterocycles. The summed E-state index contributed by atoms with van der Waals surface area (Å²) < 4.78 is 1.41. The summed E-state index contributed by atoms with van der Waals surface area (Å²) in [7, 11) is 0. The van der Waals surface area contributed by atoms with Crippen molar-refractivity contribution in [2.75, 3.05) is 6.54 Å². The number of hydrogen-bond donors (Lipinski definition) is 3. The fourth-order valence-electron chi connectivity index (χ4n) is 1.66. The second-order valence-corrected chi connectivity index (χ2v) is 4.79. The van der Waals surface area contributed by atoms with Crippen LogP contribution in [0.3, 0.4) is 0 Å². The number of nitrogens with two attached hydrogens (primary N) is 1. The van der Waals surface area contributed by atoms with E-state index in [2.05, 4.69) is 15.6 Å². The van der Waals surface area contributed by atoms with Gasteiger partial charge in [-0.25, -0.2) is 9.48 Å². The minimum Gasteiger partial charge on any atom is -0.351 e. The zero-order chi connectivity index (χ0) is 13.8. The van der Waals surface area contributed by atoms with Crippen molar-refractivity contribution in [3.05, 3.63) is 11.9 Å². The molecule has 0 aliphatic heterocycles. The van der Waals surface area contributed by atoms with Gasteiger partial charge in [0.05, 0.1) is 11.9 Å². The largest absolute Gasteiger partial charge is 0.351 e. The van der Waals surface area contributed by atoms with E-state index in [-0.39, 0.29) is 0 Å². The van der Waals surface area contributed by atoms with Gasteiger partial charge in [-0.3, -0.25) is 10.1 Å². The number of imide groups is 1. The number of rotatable bonds is 6.